The van der Waals surface area contributed by atoms with Gasteiger partial charge in [-0.15, -0.1) is 0 Å². The average Bonchev–Trinajstić information content (AvgIpc) is 2.84. The molecule has 2 rings (SSSR count). The number of hydrogen-bond donors (Lipinski definition) is 1. The van der Waals surface area contributed by atoms with Gasteiger partial charge in [0, 0.05) is 27.8 Å². The Morgan fingerprint density at radius 3 is 2.83 bits per heavy atom. The summed E-state index contributed by atoms with van der Waals surface area (Å²) in [5.74, 6) is 1.94. The monoisotopic (exact) mass is 269 g/mol. The van der Waals surface area contributed by atoms with E-state index >= 15 is 0 Å². The molecule has 2 N–H and O–H groups in total. The maximum absolute atomic E-state index is 12.0. The molecule has 0 fully saturated rings. The zero-order valence-corrected chi connectivity index (χ0v) is 11.5. The number of nitrogens with two attached hydrogens (primary N) is 1. The fourth-order valence-electron chi connectivity index (χ4n) is 1.77. The Morgan fingerprint density at radius 1 is 1.39 bits per heavy atom. The molecule has 0 bridgehead atoms. The number of rotatable bonds is 5. The van der Waals surface area contributed by atoms with E-state index < -0.39 is 10.8 Å². The van der Waals surface area contributed by atoms with Crippen LogP contribution in [0, 0.1) is 0 Å². The van der Waals surface area contributed by atoms with E-state index in [0.717, 1.165) is 23.5 Å². The van der Waals surface area contributed by atoms with Gasteiger partial charge in [0.1, 0.15) is 0 Å². The van der Waals surface area contributed by atoms with Crippen LogP contribution >= 0.6 is 0 Å². The summed E-state index contributed by atoms with van der Waals surface area (Å²) >= 11 is 0. The lowest BCUT2D eigenvalue weighted by Gasteiger charge is -2.15. The van der Waals surface area contributed by atoms with Crippen LogP contribution < -0.4 is 15.2 Å². The number of hydrogen-bond acceptors (Lipinski definition) is 4. The molecule has 1 aliphatic heterocycles. The van der Waals surface area contributed by atoms with Crippen molar-refractivity contribution >= 4 is 10.8 Å². The van der Waals surface area contributed by atoms with E-state index in [1.807, 2.05) is 32.0 Å². The van der Waals surface area contributed by atoms with Gasteiger partial charge in [0.05, 0.1) is 0 Å². The normalized spacial score (nSPS) is 18.4. The summed E-state index contributed by atoms with van der Waals surface area (Å²) in [6.07, 6.45) is 0.903. The smallest absolute Gasteiger partial charge is 0.231 e. The highest BCUT2D eigenvalue weighted by atomic mass is 32.2. The van der Waals surface area contributed by atoms with E-state index in [9.17, 15) is 4.21 Å². The van der Waals surface area contributed by atoms with Crippen molar-refractivity contribution in [1.29, 1.82) is 0 Å². The molecule has 4 nitrogen and oxygen atoms in total. The van der Waals surface area contributed by atoms with E-state index in [4.69, 9.17) is 15.2 Å². The van der Waals surface area contributed by atoms with E-state index in [-0.39, 0.29) is 18.1 Å². The van der Waals surface area contributed by atoms with Crippen molar-refractivity contribution in [1.82, 2.24) is 0 Å². The molecule has 100 valence electrons. The van der Waals surface area contributed by atoms with E-state index in [1.54, 1.807) is 0 Å². The molecular formula is C13H19NO3S. The molecule has 1 aromatic carbocycles. The van der Waals surface area contributed by atoms with Gasteiger partial charge in [0.15, 0.2) is 11.5 Å². The van der Waals surface area contributed by atoms with Gasteiger partial charge in [0.25, 0.3) is 0 Å². The van der Waals surface area contributed by atoms with Crippen LogP contribution in [0.4, 0.5) is 0 Å². The Bertz CT molecular complexity index is 450. The van der Waals surface area contributed by atoms with Crippen LogP contribution in [0.2, 0.25) is 0 Å². The predicted molar refractivity (Wildman–Crippen MR) is 72.3 cm³/mol. The van der Waals surface area contributed by atoms with Gasteiger partial charge in [-0.3, -0.25) is 4.21 Å². The molecule has 5 heteroatoms. The topological polar surface area (TPSA) is 61.6 Å². The number of benzene rings is 1. The minimum Gasteiger partial charge on any atom is -0.454 e. The van der Waals surface area contributed by atoms with Crippen molar-refractivity contribution in [2.45, 2.75) is 31.6 Å². The Hall–Kier alpha value is -1.07. The predicted octanol–water partition coefficient (Wildman–Crippen LogP) is 1.96. The molecule has 0 aromatic heterocycles. The fourth-order valence-corrected chi connectivity index (χ4v) is 3.01. The number of ether oxygens (including phenoxy) is 2. The zero-order valence-electron chi connectivity index (χ0n) is 10.7. The lowest BCUT2D eigenvalue weighted by molar-refractivity contribution is 0.174. The SMILES string of the molecule is CCC(C)S(=O)CC(N)c1ccc2c(c1)OCO2. The van der Waals surface area contributed by atoms with Gasteiger partial charge < -0.3 is 15.2 Å². The second-order valence-electron chi connectivity index (χ2n) is 4.49. The van der Waals surface area contributed by atoms with Crippen LogP contribution in [0.1, 0.15) is 31.9 Å². The maximum Gasteiger partial charge on any atom is 0.231 e. The molecule has 1 heterocycles. The second-order valence-corrected chi connectivity index (χ2v) is 6.39. The Balaban J connectivity index is 2.05. The first-order valence-electron chi connectivity index (χ1n) is 6.14. The fraction of sp³-hybridized carbons (Fsp3) is 0.538. The first-order valence-corrected chi connectivity index (χ1v) is 7.52. The summed E-state index contributed by atoms with van der Waals surface area (Å²) in [5.41, 5.74) is 7.03. The molecule has 3 unspecified atom stereocenters. The summed E-state index contributed by atoms with van der Waals surface area (Å²) in [5, 5.41) is 0.185. The lowest BCUT2D eigenvalue weighted by Crippen LogP contribution is -2.23. The van der Waals surface area contributed by atoms with Crippen LogP contribution in [0.5, 0.6) is 11.5 Å². The number of fused-ring (bicyclic) bond motifs is 1. The van der Waals surface area contributed by atoms with Crippen molar-refractivity contribution in [2.75, 3.05) is 12.5 Å². The van der Waals surface area contributed by atoms with Gasteiger partial charge >= 0.3 is 0 Å². The van der Waals surface area contributed by atoms with E-state index in [2.05, 4.69) is 0 Å². The van der Waals surface area contributed by atoms with Crippen molar-refractivity contribution in [3.05, 3.63) is 23.8 Å². The third-order valence-electron chi connectivity index (χ3n) is 3.19. The molecule has 18 heavy (non-hydrogen) atoms. The van der Waals surface area contributed by atoms with Gasteiger partial charge in [-0.25, -0.2) is 0 Å². The molecule has 3 atom stereocenters. The molecule has 0 saturated heterocycles. The Labute approximate surface area is 110 Å². The molecule has 0 amide bonds. The summed E-state index contributed by atoms with van der Waals surface area (Å²) in [6.45, 7) is 4.28. The van der Waals surface area contributed by atoms with Crippen LogP contribution in [0.15, 0.2) is 18.2 Å². The summed E-state index contributed by atoms with van der Waals surface area (Å²) in [6, 6.07) is 5.41. The van der Waals surface area contributed by atoms with E-state index in [1.165, 1.54) is 0 Å². The highest BCUT2D eigenvalue weighted by Gasteiger charge is 2.18. The first-order chi connectivity index (χ1) is 8.61. The summed E-state index contributed by atoms with van der Waals surface area (Å²) < 4.78 is 22.5. The van der Waals surface area contributed by atoms with Crippen molar-refractivity contribution < 1.29 is 13.7 Å². The standard InChI is InChI=1S/C13H19NO3S/c1-3-9(2)18(15)7-11(14)10-4-5-12-13(6-10)17-8-16-12/h4-6,9,11H,3,7-8,14H2,1-2H3. The Morgan fingerprint density at radius 2 is 2.11 bits per heavy atom. The summed E-state index contributed by atoms with van der Waals surface area (Å²) in [7, 11) is -0.891. The maximum atomic E-state index is 12.0. The quantitative estimate of drug-likeness (QED) is 0.887. The molecule has 1 aliphatic rings. The molecule has 0 spiro atoms. The highest BCUT2D eigenvalue weighted by Crippen LogP contribution is 2.34. The average molecular weight is 269 g/mol. The third kappa shape index (κ3) is 2.84. The van der Waals surface area contributed by atoms with Crippen molar-refractivity contribution in [2.24, 2.45) is 5.73 Å². The third-order valence-corrected chi connectivity index (χ3v) is 5.11. The van der Waals surface area contributed by atoms with Gasteiger partial charge in [-0.1, -0.05) is 19.9 Å². The molecular weight excluding hydrogens is 250 g/mol. The lowest BCUT2D eigenvalue weighted by atomic mass is 10.1. The first kappa shape index (κ1) is 13.4. The van der Waals surface area contributed by atoms with E-state index in [0.29, 0.717) is 5.75 Å². The van der Waals surface area contributed by atoms with Gasteiger partial charge in [0.2, 0.25) is 6.79 Å². The highest BCUT2D eigenvalue weighted by molar-refractivity contribution is 7.85. The molecule has 0 aliphatic carbocycles. The zero-order chi connectivity index (χ0) is 13.1. The minimum atomic E-state index is -0.891. The van der Waals surface area contributed by atoms with Crippen LogP contribution in [0.3, 0.4) is 0 Å². The van der Waals surface area contributed by atoms with Gasteiger partial charge in [-0.2, -0.15) is 0 Å². The van der Waals surface area contributed by atoms with Gasteiger partial charge in [-0.05, 0) is 24.1 Å². The molecule has 0 radical (unpaired) electrons. The van der Waals surface area contributed by atoms with Crippen LogP contribution in [-0.2, 0) is 10.8 Å². The largest absolute Gasteiger partial charge is 0.454 e. The molecule has 1 aromatic rings. The van der Waals surface area contributed by atoms with Crippen LogP contribution in [0.25, 0.3) is 0 Å². The van der Waals surface area contributed by atoms with Crippen LogP contribution in [-0.4, -0.2) is 22.0 Å². The van der Waals surface area contributed by atoms with Crippen molar-refractivity contribution in [3.63, 3.8) is 0 Å². The molecule has 0 saturated carbocycles. The Kier molecular flexibility index (Phi) is 4.24. The minimum absolute atomic E-state index is 0.185. The second kappa shape index (κ2) is 5.71. The van der Waals surface area contributed by atoms with Crippen molar-refractivity contribution in [3.8, 4) is 11.5 Å². The summed E-state index contributed by atoms with van der Waals surface area (Å²) in [4.78, 5) is 0.